The van der Waals surface area contributed by atoms with Crippen molar-refractivity contribution in [2.75, 3.05) is 61.1 Å². The number of anilines is 4. The fourth-order valence-electron chi connectivity index (χ4n) is 2.68. The molecule has 11 nitrogen and oxygen atoms in total. The van der Waals surface area contributed by atoms with Crippen LogP contribution in [0.2, 0.25) is 0 Å². The number of halogens is 1. The topological polar surface area (TPSA) is 147 Å². The normalized spacial score (nSPS) is 9.66. The fourth-order valence-corrected chi connectivity index (χ4v) is 2.76. The average molecular weight is 511 g/mol. The number of aliphatic hydroxyl groups excluding tert-OH is 1. The van der Waals surface area contributed by atoms with E-state index < -0.39 is 6.09 Å². The number of benzene rings is 2. The predicted octanol–water partition coefficient (Wildman–Crippen LogP) is 3.50. The summed E-state index contributed by atoms with van der Waals surface area (Å²) in [5.74, 6) is 1.01. The van der Waals surface area contributed by atoms with Crippen molar-refractivity contribution in [1.82, 2.24) is 0 Å². The molecule has 0 saturated carbocycles. The molecular weight excluding hydrogens is 480 g/mol. The first kappa shape index (κ1) is 29.3. The van der Waals surface area contributed by atoms with Gasteiger partial charge in [0.25, 0.3) is 0 Å². The van der Waals surface area contributed by atoms with Gasteiger partial charge in [0.2, 0.25) is 11.8 Å². The van der Waals surface area contributed by atoms with Crippen molar-refractivity contribution >= 4 is 52.3 Å². The molecule has 0 aromatic heterocycles. The van der Waals surface area contributed by atoms with Gasteiger partial charge in [0, 0.05) is 31.8 Å². The molecule has 192 valence electrons. The molecule has 0 fully saturated rings. The third-order valence-electron chi connectivity index (χ3n) is 4.01. The third-order valence-corrected chi connectivity index (χ3v) is 4.17. The Balaban J connectivity index is 0.000000355. The fraction of sp³-hybridized carbons (Fsp3) is 0.348. The quantitative estimate of drug-likeness (QED) is 0.305. The maximum Gasteiger partial charge on any atom is 0.411 e. The Labute approximate surface area is 209 Å². The first-order chi connectivity index (χ1) is 16.7. The van der Waals surface area contributed by atoms with E-state index in [9.17, 15) is 14.4 Å². The van der Waals surface area contributed by atoms with Crippen LogP contribution in [0, 0.1) is 0 Å². The van der Waals surface area contributed by atoms with Crippen LogP contribution < -0.4 is 30.7 Å². The molecule has 2 aromatic rings. The summed E-state index contributed by atoms with van der Waals surface area (Å²) in [5, 5.41) is 19.5. The molecule has 0 aliphatic rings. The average Bonchev–Trinajstić information content (AvgIpc) is 2.81. The lowest BCUT2D eigenvalue weighted by Gasteiger charge is -2.12. The Morgan fingerprint density at radius 1 is 0.857 bits per heavy atom. The predicted molar refractivity (Wildman–Crippen MR) is 136 cm³/mol. The molecule has 0 spiro atoms. The van der Waals surface area contributed by atoms with E-state index in [4.69, 9.17) is 30.9 Å². The van der Waals surface area contributed by atoms with Gasteiger partial charge in [-0.15, -0.1) is 11.6 Å². The summed E-state index contributed by atoms with van der Waals surface area (Å²) in [6, 6.07) is 10.1. The van der Waals surface area contributed by atoms with E-state index in [0.717, 1.165) is 5.69 Å². The van der Waals surface area contributed by atoms with Gasteiger partial charge in [0.1, 0.15) is 18.1 Å². The molecule has 0 aliphatic heterocycles. The number of hydrogen-bond acceptors (Lipinski definition) is 8. The van der Waals surface area contributed by atoms with E-state index in [1.165, 1.54) is 21.0 Å². The standard InChI is InChI=1S/C12H15ClN2O4.C11H16N2O3/c1-8(16)14-9-3-4-11(18-2)10(7-9)15-12(17)19-6-5-13;1-8(15)13-9-3-4-11(16-2)10(7-9)12-5-6-14/h3-4,7H,5-6H2,1-2H3,(H,14,16)(H,15,17);3-4,7,12,14H,5-6H2,1-2H3,(H,13,15). The number of ether oxygens (including phenoxy) is 3. The molecule has 5 N–H and O–H groups in total. The van der Waals surface area contributed by atoms with E-state index >= 15 is 0 Å². The Morgan fingerprint density at radius 2 is 1.37 bits per heavy atom. The van der Waals surface area contributed by atoms with Crippen LogP contribution in [-0.4, -0.2) is 62.9 Å². The summed E-state index contributed by atoms with van der Waals surface area (Å²) < 4.78 is 15.0. The van der Waals surface area contributed by atoms with Crippen LogP contribution in [-0.2, 0) is 14.3 Å². The number of amides is 3. The second kappa shape index (κ2) is 16.0. The maximum atomic E-state index is 11.4. The van der Waals surface area contributed by atoms with Crippen LogP contribution in [0.4, 0.5) is 27.5 Å². The van der Waals surface area contributed by atoms with Crippen molar-refractivity contribution in [2.24, 2.45) is 0 Å². The number of alkyl halides is 1. The molecule has 0 saturated heterocycles. The second-order valence-electron chi connectivity index (χ2n) is 6.79. The Kier molecular flexibility index (Phi) is 13.4. The molecule has 2 aromatic carbocycles. The summed E-state index contributed by atoms with van der Waals surface area (Å²) in [6.45, 7) is 3.42. The molecule has 35 heavy (non-hydrogen) atoms. The highest BCUT2D eigenvalue weighted by molar-refractivity contribution is 6.18. The van der Waals surface area contributed by atoms with E-state index in [1.807, 2.05) is 0 Å². The number of carbonyl (C=O) groups excluding carboxylic acids is 3. The van der Waals surface area contributed by atoms with Gasteiger partial charge in [-0.25, -0.2) is 4.79 Å². The van der Waals surface area contributed by atoms with Gasteiger partial charge in [0.15, 0.2) is 0 Å². The smallest absolute Gasteiger partial charge is 0.411 e. The molecule has 0 atom stereocenters. The van der Waals surface area contributed by atoms with Gasteiger partial charge in [0.05, 0.1) is 38.1 Å². The summed E-state index contributed by atoms with van der Waals surface area (Å²) in [5.41, 5.74) is 2.37. The number of aliphatic hydroxyl groups is 1. The van der Waals surface area contributed by atoms with Gasteiger partial charge >= 0.3 is 6.09 Å². The van der Waals surface area contributed by atoms with E-state index in [0.29, 0.717) is 35.1 Å². The zero-order chi connectivity index (χ0) is 26.2. The molecule has 0 radical (unpaired) electrons. The summed E-state index contributed by atoms with van der Waals surface area (Å²) in [6.07, 6.45) is -0.640. The lowest BCUT2D eigenvalue weighted by Crippen LogP contribution is -2.16. The van der Waals surface area contributed by atoms with Crippen LogP contribution >= 0.6 is 11.6 Å². The van der Waals surface area contributed by atoms with Crippen LogP contribution in [0.25, 0.3) is 0 Å². The van der Waals surface area contributed by atoms with E-state index in [-0.39, 0.29) is 30.9 Å². The minimum Gasteiger partial charge on any atom is -0.495 e. The number of rotatable bonds is 10. The molecular formula is C23H31ClN4O7. The number of carbonyl (C=O) groups is 3. The zero-order valence-corrected chi connectivity index (χ0v) is 20.8. The van der Waals surface area contributed by atoms with Gasteiger partial charge in [-0.05, 0) is 36.4 Å². The first-order valence-electron chi connectivity index (χ1n) is 10.5. The van der Waals surface area contributed by atoms with Gasteiger partial charge in [-0.2, -0.15) is 0 Å². The highest BCUT2D eigenvalue weighted by Gasteiger charge is 2.10. The Hall–Kier alpha value is -3.70. The largest absolute Gasteiger partial charge is 0.495 e. The minimum atomic E-state index is -0.640. The van der Waals surface area contributed by atoms with Crippen LogP contribution in [0.15, 0.2) is 36.4 Å². The summed E-state index contributed by atoms with van der Waals surface area (Å²) >= 11 is 5.41. The molecule has 0 bridgehead atoms. The lowest BCUT2D eigenvalue weighted by atomic mass is 10.2. The Bertz CT molecular complexity index is 988. The molecule has 3 amide bonds. The first-order valence-corrected chi connectivity index (χ1v) is 11.0. The molecule has 0 heterocycles. The minimum absolute atomic E-state index is 0.0352. The number of nitrogens with one attached hydrogen (secondary N) is 4. The maximum absolute atomic E-state index is 11.4. The highest BCUT2D eigenvalue weighted by Crippen LogP contribution is 2.28. The van der Waals surface area contributed by atoms with Crippen LogP contribution in [0.3, 0.4) is 0 Å². The summed E-state index contributed by atoms with van der Waals surface area (Å²) in [4.78, 5) is 33.3. The number of hydrogen-bond donors (Lipinski definition) is 5. The SMILES string of the molecule is COc1ccc(NC(C)=O)cc1NC(=O)OCCCl.COc1ccc(NC(C)=O)cc1NCCO. The number of methoxy groups -OCH3 is 2. The van der Waals surface area contributed by atoms with Crippen molar-refractivity contribution in [2.45, 2.75) is 13.8 Å². The zero-order valence-electron chi connectivity index (χ0n) is 20.1. The van der Waals surface area contributed by atoms with Gasteiger partial charge < -0.3 is 35.3 Å². The van der Waals surface area contributed by atoms with Gasteiger partial charge in [-0.3, -0.25) is 14.9 Å². The molecule has 0 aliphatic carbocycles. The Morgan fingerprint density at radius 3 is 1.83 bits per heavy atom. The summed E-state index contributed by atoms with van der Waals surface area (Å²) in [7, 11) is 3.04. The van der Waals surface area contributed by atoms with Crippen molar-refractivity contribution < 1.29 is 33.7 Å². The molecule has 0 unspecified atom stereocenters. The monoisotopic (exact) mass is 510 g/mol. The highest BCUT2D eigenvalue weighted by atomic mass is 35.5. The third kappa shape index (κ3) is 11.3. The lowest BCUT2D eigenvalue weighted by molar-refractivity contribution is -0.115. The van der Waals surface area contributed by atoms with E-state index in [1.54, 1.807) is 43.5 Å². The molecule has 12 heteroatoms. The van der Waals surface area contributed by atoms with Crippen LogP contribution in [0.5, 0.6) is 11.5 Å². The van der Waals surface area contributed by atoms with Crippen molar-refractivity contribution in [3.8, 4) is 11.5 Å². The van der Waals surface area contributed by atoms with Crippen molar-refractivity contribution in [1.29, 1.82) is 0 Å². The van der Waals surface area contributed by atoms with Crippen molar-refractivity contribution in [3.63, 3.8) is 0 Å². The van der Waals surface area contributed by atoms with E-state index in [2.05, 4.69) is 21.3 Å². The van der Waals surface area contributed by atoms with Gasteiger partial charge in [-0.1, -0.05) is 0 Å². The van der Waals surface area contributed by atoms with Crippen molar-refractivity contribution in [3.05, 3.63) is 36.4 Å². The molecule has 2 rings (SSSR count). The second-order valence-corrected chi connectivity index (χ2v) is 7.17. The van der Waals surface area contributed by atoms with Crippen LogP contribution in [0.1, 0.15) is 13.8 Å².